The van der Waals surface area contributed by atoms with Crippen molar-refractivity contribution in [3.63, 3.8) is 0 Å². The number of rotatable bonds is 48. The third-order valence-corrected chi connectivity index (χ3v) is 11.4. The molecule has 6 nitrogen and oxygen atoms in total. The minimum absolute atomic E-state index is 0.113. The molecule has 0 spiro atoms. The number of carbonyl (C=O) groups is 3. The first kappa shape index (κ1) is 64.5. The van der Waals surface area contributed by atoms with Crippen molar-refractivity contribution < 1.29 is 28.6 Å². The zero-order valence-electron chi connectivity index (χ0n) is 44.3. The molecule has 0 aromatic heterocycles. The quantitative estimate of drug-likeness (QED) is 0.0199. The third-order valence-electron chi connectivity index (χ3n) is 11.4. The molecule has 1 atom stereocenters. The van der Waals surface area contributed by atoms with Crippen LogP contribution >= 0.6 is 0 Å². The molecule has 0 rings (SSSR count). The van der Waals surface area contributed by atoms with Gasteiger partial charge in [0.15, 0.2) is 6.10 Å². The summed E-state index contributed by atoms with van der Waals surface area (Å²) in [5.74, 6) is -0.993. The third kappa shape index (κ3) is 54.4. The van der Waals surface area contributed by atoms with Gasteiger partial charge in [0.25, 0.3) is 0 Å². The van der Waals surface area contributed by atoms with Crippen LogP contribution in [0.3, 0.4) is 0 Å². The van der Waals surface area contributed by atoms with E-state index >= 15 is 0 Å². The van der Waals surface area contributed by atoms with Crippen LogP contribution in [0.1, 0.15) is 226 Å². The number of allylic oxidation sites excluding steroid dienone is 22. The predicted molar refractivity (Wildman–Crippen MR) is 297 cm³/mol. The lowest BCUT2D eigenvalue weighted by Gasteiger charge is -2.18. The molecule has 0 aromatic rings. The maximum atomic E-state index is 12.8. The molecule has 0 N–H and O–H groups in total. The summed E-state index contributed by atoms with van der Waals surface area (Å²) >= 11 is 0. The molecular weight excluding hydrogens is 853 g/mol. The standard InChI is InChI=1S/C63H100O6/c1-4-7-10-13-16-19-22-25-28-31-33-35-38-41-44-47-50-53-56-62(65)68-59-60(58-67-61(64)55-52-49-46-43-40-37-34-30-27-24-21-18-15-12-9-6-3)69-63(66)57-54-51-48-45-42-39-36-32-29-26-23-20-17-14-11-8-5-2/h8,11,14,16-17,19-20,22-23,25-26,28-36,39,42,60H,4-7,9-10,12-13,15,18,21,24,27,37-38,40-41,43-59H2,1-3H3/b11-8-,17-14-,19-16-,23-20-,25-22-,29-26-,31-28-,34-30-,35-33-,36-32+,42-39-. The van der Waals surface area contributed by atoms with Crippen molar-refractivity contribution in [2.45, 2.75) is 232 Å². The van der Waals surface area contributed by atoms with Crippen LogP contribution in [0, 0.1) is 0 Å². The Labute approximate surface area is 424 Å². The molecule has 0 aliphatic heterocycles. The first-order valence-electron chi connectivity index (χ1n) is 27.8. The molecule has 69 heavy (non-hydrogen) atoms. The molecule has 0 radical (unpaired) electrons. The number of ether oxygens (including phenoxy) is 3. The summed E-state index contributed by atoms with van der Waals surface area (Å²) in [6.45, 7) is 6.38. The maximum Gasteiger partial charge on any atom is 0.306 e. The van der Waals surface area contributed by atoms with E-state index in [0.29, 0.717) is 19.3 Å². The summed E-state index contributed by atoms with van der Waals surface area (Å²) in [4.78, 5) is 38.1. The van der Waals surface area contributed by atoms with Gasteiger partial charge in [-0.25, -0.2) is 0 Å². The second-order valence-electron chi connectivity index (χ2n) is 18.0. The van der Waals surface area contributed by atoms with Gasteiger partial charge in [0.2, 0.25) is 0 Å². The highest BCUT2D eigenvalue weighted by Gasteiger charge is 2.19. The Morgan fingerprint density at radius 3 is 0.971 bits per heavy atom. The molecule has 0 heterocycles. The Bertz CT molecular complexity index is 1510. The summed E-state index contributed by atoms with van der Waals surface area (Å²) in [5, 5.41) is 0. The molecule has 0 saturated carbocycles. The molecule has 6 heteroatoms. The lowest BCUT2D eigenvalue weighted by molar-refractivity contribution is -0.167. The molecule has 0 fully saturated rings. The van der Waals surface area contributed by atoms with Crippen molar-refractivity contribution in [1.29, 1.82) is 0 Å². The summed E-state index contributed by atoms with van der Waals surface area (Å²) in [7, 11) is 0. The Kier molecular flexibility index (Phi) is 52.5. The summed E-state index contributed by atoms with van der Waals surface area (Å²) in [6.07, 6.45) is 78.5. The summed E-state index contributed by atoms with van der Waals surface area (Å²) < 4.78 is 16.8. The minimum Gasteiger partial charge on any atom is -0.462 e. The van der Waals surface area contributed by atoms with E-state index in [2.05, 4.69) is 93.7 Å². The van der Waals surface area contributed by atoms with E-state index in [4.69, 9.17) is 14.2 Å². The zero-order valence-corrected chi connectivity index (χ0v) is 44.3. The van der Waals surface area contributed by atoms with Gasteiger partial charge in [-0.05, 0) is 89.9 Å². The number of carbonyl (C=O) groups excluding carboxylic acids is 3. The average molecular weight is 953 g/mol. The van der Waals surface area contributed by atoms with Crippen molar-refractivity contribution >= 4 is 17.9 Å². The average Bonchev–Trinajstić information content (AvgIpc) is 3.35. The monoisotopic (exact) mass is 953 g/mol. The van der Waals surface area contributed by atoms with E-state index in [1.807, 2.05) is 60.8 Å². The van der Waals surface area contributed by atoms with Crippen LogP contribution < -0.4 is 0 Å². The smallest absolute Gasteiger partial charge is 0.306 e. The van der Waals surface area contributed by atoms with E-state index in [-0.39, 0.29) is 37.5 Å². The highest BCUT2D eigenvalue weighted by atomic mass is 16.6. The molecule has 0 aliphatic carbocycles. The molecule has 0 amide bonds. The fraction of sp³-hybridized carbons (Fsp3) is 0.603. The normalized spacial score (nSPS) is 13.1. The second kappa shape index (κ2) is 56.1. The van der Waals surface area contributed by atoms with Gasteiger partial charge in [0.1, 0.15) is 13.2 Å². The fourth-order valence-corrected chi connectivity index (χ4v) is 7.19. The number of esters is 3. The van der Waals surface area contributed by atoms with E-state index in [9.17, 15) is 14.4 Å². The van der Waals surface area contributed by atoms with Crippen LogP contribution in [0.15, 0.2) is 134 Å². The second-order valence-corrected chi connectivity index (χ2v) is 18.0. The molecule has 0 aliphatic rings. The van der Waals surface area contributed by atoms with Crippen LogP contribution in [0.5, 0.6) is 0 Å². The lowest BCUT2D eigenvalue weighted by atomic mass is 10.1. The molecule has 0 bridgehead atoms. The lowest BCUT2D eigenvalue weighted by Crippen LogP contribution is -2.30. The Morgan fingerprint density at radius 2 is 0.580 bits per heavy atom. The van der Waals surface area contributed by atoms with Gasteiger partial charge >= 0.3 is 17.9 Å². The number of unbranched alkanes of at least 4 members (excludes halogenated alkanes) is 23. The molecule has 0 aromatic carbocycles. The van der Waals surface area contributed by atoms with Crippen LogP contribution in [-0.4, -0.2) is 37.2 Å². The van der Waals surface area contributed by atoms with Gasteiger partial charge in [-0.1, -0.05) is 251 Å². The van der Waals surface area contributed by atoms with Gasteiger partial charge in [-0.2, -0.15) is 0 Å². The van der Waals surface area contributed by atoms with E-state index < -0.39 is 6.10 Å². The Balaban J connectivity index is 4.57. The van der Waals surface area contributed by atoms with Crippen molar-refractivity contribution in [3.8, 4) is 0 Å². The zero-order chi connectivity index (χ0) is 50.0. The fourth-order valence-electron chi connectivity index (χ4n) is 7.19. The number of hydrogen-bond donors (Lipinski definition) is 0. The first-order chi connectivity index (χ1) is 34.0. The van der Waals surface area contributed by atoms with E-state index in [1.165, 1.54) is 77.0 Å². The van der Waals surface area contributed by atoms with Gasteiger partial charge in [-0.15, -0.1) is 0 Å². The summed E-state index contributed by atoms with van der Waals surface area (Å²) in [6, 6.07) is 0. The van der Waals surface area contributed by atoms with Crippen molar-refractivity contribution in [2.75, 3.05) is 13.2 Å². The first-order valence-corrected chi connectivity index (χ1v) is 27.8. The SMILES string of the molecule is CC\C=C/C=C\C=C/C=C\C=C\C=C/CCCCCC(=O)OC(COC(=O)CCCCCCC\C=C/C=C\C=C/C=C\CCCCC)COC(=O)CCCCCCC/C=C\CCCCCCCCC. The van der Waals surface area contributed by atoms with E-state index in [1.54, 1.807) is 0 Å². The molecular formula is C63H100O6. The number of hydrogen-bond acceptors (Lipinski definition) is 6. The van der Waals surface area contributed by atoms with Gasteiger partial charge in [-0.3, -0.25) is 14.4 Å². The Morgan fingerprint density at radius 1 is 0.304 bits per heavy atom. The van der Waals surface area contributed by atoms with Gasteiger partial charge in [0, 0.05) is 19.3 Å². The highest BCUT2D eigenvalue weighted by molar-refractivity contribution is 5.71. The van der Waals surface area contributed by atoms with Crippen LogP contribution in [0.25, 0.3) is 0 Å². The van der Waals surface area contributed by atoms with Crippen LogP contribution in [-0.2, 0) is 28.6 Å². The minimum atomic E-state index is -0.820. The topological polar surface area (TPSA) is 78.9 Å². The molecule has 388 valence electrons. The van der Waals surface area contributed by atoms with Crippen molar-refractivity contribution in [3.05, 3.63) is 134 Å². The van der Waals surface area contributed by atoms with Crippen LogP contribution in [0.2, 0.25) is 0 Å². The molecule has 1 unspecified atom stereocenters. The molecule has 0 saturated heterocycles. The largest absolute Gasteiger partial charge is 0.462 e. The van der Waals surface area contributed by atoms with Crippen molar-refractivity contribution in [2.24, 2.45) is 0 Å². The van der Waals surface area contributed by atoms with Gasteiger partial charge < -0.3 is 14.2 Å². The van der Waals surface area contributed by atoms with Crippen molar-refractivity contribution in [1.82, 2.24) is 0 Å². The predicted octanol–water partition coefficient (Wildman–Crippen LogP) is 18.6. The van der Waals surface area contributed by atoms with E-state index in [0.717, 1.165) is 103 Å². The highest BCUT2D eigenvalue weighted by Crippen LogP contribution is 2.13. The summed E-state index contributed by atoms with van der Waals surface area (Å²) in [5.41, 5.74) is 0. The van der Waals surface area contributed by atoms with Gasteiger partial charge in [0.05, 0.1) is 0 Å². The Hall–Kier alpha value is -4.45. The van der Waals surface area contributed by atoms with Crippen LogP contribution in [0.4, 0.5) is 0 Å². The maximum absolute atomic E-state index is 12.8.